The maximum absolute atomic E-state index is 6.00. The van der Waals surface area contributed by atoms with E-state index in [0.29, 0.717) is 21.3 Å². The highest BCUT2D eigenvalue weighted by atomic mass is 35.5. The van der Waals surface area contributed by atoms with Crippen molar-refractivity contribution in [1.29, 1.82) is 0 Å². The minimum Gasteiger partial charge on any atom is -0.389 e. The smallest absolute Gasteiger partial charge is 0.190 e. The summed E-state index contributed by atoms with van der Waals surface area (Å²) in [7, 11) is 0. The first-order valence-corrected chi connectivity index (χ1v) is 6.09. The van der Waals surface area contributed by atoms with E-state index in [9.17, 15) is 0 Å². The van der Waals surface area contributed by atoms with Gasteiger partial charge >= 0.3 is 0 Å². The van der Waals surface area contributed by atoms with Crippen molar-refractivity contribution in [2.45, 2.75) is 6.61 Å². The average molecular weight is 297 g/mol. The molecule has 2 rings (SSSR count). The number of benzene rings is 1. The first kappa shape index (κ1) is 13.6. The van der Waals surface area contributed by atoms with Crippen LogP contribution in [-0.4, -0.2) is 15.8 Å². The Morgan fingerprint density at radius 2 is 2.00 bits per heavy atom. The predicted octanol–water partition coefficient (Wildman–Crippen LogP) is 2.62. The molecule has 2 aromatic rings. The Kier molecular flexibility index (Phi) is 4.54. The summed E-state index contributed by atoms with van der Waals surface area (Å²) in [5.74, 6) is 0.135. The third-order valence-electron chi connectivity index (χ3n) is 2.26. The summed E-state index contributed by atoms with van der Waals surface area (Å²) in [4.78, 5) is 13.0. The molecule has 0 radical (unpaired) electrons. The van der Waals surface area contributed by atoms with E-state index in [0.717, 1.165) is 0 Å². The molecule has 19 heavy (non-hydrogen) atoms. The SMILES string of the molecule is N/C(=N\OCc1c(Cl)cccc1Cl)c1cnccn1. The second-order valence-electron chi connectivity index (χ2n) is 3.54. The van der Waals surface area contributed by atoms with Gasteiger partial charge in [-0.3, -0.25) is 4.98 Å². The summed E-state index contributed by atoms with van der Waals surface area (Å²) in [5.41, 5.74) is 6.78. The normalized spacial score (nSPS) is 11.4. The topological polar surface area (TPSA) is 73.4 Å². The highest BCUT2D eigenvalue weighted by Gasteiger charge is 2.06. The average Bonchev–Trinajstić information content (AvgIpc) is 2.43. The van der Waals surface area contributed by atoms with Gasteiger partial charge < -0.3 is 10.6 Å². The van der Waals surface area contributed by atoms with Gasteiger partial charge in [0.05, 0.1) is 6.20 Å². The molecule has 1 aromatic heterocycles. The minimum atomic E-state index is 0.124. The van der Waals surface area contributed by atoms with Crippen LogP contribution in [0.2, 0.25) is 10.0 Å². The zero-order chi connectivity index (χ0) is 13.7. The maximum Gasteiger partial charge on any atom is 0.190 e. The second-order valence-corrected chi connectivity index (χ2v) is 4.36. The quantitative estimate of drug-likeness (QED) is 0.535. The molecule has 0 aliphatic heterocycles. The molecule has 7 heteroatoms. The molecular weight excluding hydrogens is 287 g/mol. The first-order chi connectivity index (χ1) is 9.18. The van der Waals surface area contributed by atoms with Crippen LogP contribution in [0.15, 0.2) is 41.9 Å². The van der Waals surface area contributed by atoms with E-state index < -0.39 is 0 Å². The molecular formula is C12H10Cl2N4O. The Morgan fingerprint density at radius 1 is 1.26 bits per heavy atom. The van der Waals surface area contributed by atoms with E-state index in [1.54, 1.807) is 24.4 Å². The molecule has 0 saturated carbocycles. The van der Waals surface area contributed by atoms with E-state index in [-0.39, 0.29) is 12.4 Å². The third-order valence-corrected chi connectivity index (χ3v) is 2.97. The van der Waals surface area contributed by atoms with Crippen LogP contribution >= 0.6 is 23.2 Å². The number of halogens is 2. The Morgan fingerprint density at radius 3 is 2.63 bits per heavy atom. The lowest BCUT2D eigenvalue weighted by Crippen LogP contribution is -2.15. The van der Waals surface area contributed by atoms with Crippen LogP contribution in [0, 0.1) is 0 Å². The fourth-order valence-electron chi connectivity index (χ4n) is 1.31. The molecule has 1 aromatic carbocycles. The molecule has 98 valence electrons. The van der Waals surface area contributed by atoms with Crippen molar-refractivity contribution in [2.24, 2.45) is 10.9 Å². The molecule has 0 aliphatic carbocycles. The Balaban J connectivity index is 2.04. The molecule has 0 amide bonds. The molecule has 0 fully saturated rings. The van der Waals surface area contributed by atoms with Gasteiger partial charge in [0.25, 0.3) is 0 Å². The van der Waals surface area contributed by atoms with Gasteiger partial charge in [0.1, 0.15) is 12.3 Å². The van der Waals surface area contributed by atoms with Crippen LogP contribution in [0.3, 0.4) is 0 Å². The third kappa shape index (κ3) is 3.56. The number of aromatic nitrogens is 2. The molecule has 0 spiro atoms. The van der Waals surface area contributed by atoms with E-state index >= 15 is 0 Å². The van der Waals surface area contributed by atoms with Crippen molar-refractivity contribution in [3.63, 3.8) is 0 Å². The largest absolute Gasteiger partial charge is 0.389 e. The van der Waals surface area contributed by atoms with Crippen LogP contribution in [0.5, 0.6) is 0 Å². The number of hydrogen-bond donors (Lipinski definition) is 1. The lowest BCUT2D eigenvalue weighted by molar-refractivity contribution is 0.130. The fourth-order valence-corrected chi connectivity index (χ4v) is 1.82. The van der Waals surface area contributed by atoms with Crippen LogP contribution in [-0.2, 0) is 11.4 Å². The van der Waals surface area contributed by atoms with Crippen molar-refractivity contribution in [3.05, 3.63) is 58.1 Å². The van der Waals surface area contributed by atoms with Gasteiger partial charge in [0.2, 0.25) is 0 Å². The van der Waals surface area contributed by atoms with Gasteiger partial charge in [-0.15, -0.1) is 0 Å². The van der Waals surface area contributed by atoms with Crippen LogP contribution in [0.4, 0.5) is 0 Å². The summed E-state index contributed by atoms with van der Waals surface area (Å²) in [5, 5.41) is 4.78. The first-order valence-electron chi connectivity index (χ1n) is 5.33. The Labute approximate surface area is 120 Å². The van der Waals surface area contributed by atoms with Gasteiger partial charge in [-0.25, -0.2) is 4.98 Å². The highest BCUT2D eigenvalue weighted by molar-refractivity contribution is 6.35. The second kappa shape index (κ2) is 6.36. The van der Waals surface area contributed by atoms with Gasteiger partial charge in [-0.1, -0.05) is 34.4 Å². The molecule has 0 bridgehead atoms. The monoisotopic (exact) mass is 296 g/mol. The van der Waals surface area contributed by atoms with Crippen molar-refractivity contribution < 1.29 is 4.84 Å². The van der Waals surface area contributed by atoms with Crippen LogP contribution < -0.4 is 5.73 Å². The van der Waals surface area contributed by atoms with E-state index in [1.165, 1.54) is 12.4 Å². The number of nitrogens with zero attached hydrogens (tertiary/aromatic N) is 3. The number of oxime groups is 1. The summed E-state index contributed by atoms with van der Waals surface area (Å²) >= 11 is 12.0. The van der Waals surface area contributed by atoms with Crippen molar-refractivity contribution in [3.8, 4) is 0 Å². The molecule has 0 atom stereocenters. The number of rotatable bonds is 4. The minimum absolute atomic E-state index is 0.124. The zero-order valence-corrected chi connectivity index (χ0v) is 11.3. The fraction of sp³-hybridized carbons (Fsp3) is 0.0833. The lowest BCUT2D eigenvalue weighted by Gasteiger charge is -2.05. The number of nitrogens with two attached hydrogens (primary N) is 1. The zero-order valence-electron chi connectivity index (χ0n) is 9.75. The van der Waals surface area contributed by atoms with Crippen molar-refractivity contribution in [1.82, 2.24) is 9.97 Å². The summed E-state index contributed by atoms with van der Waals surface area (Å²) < 4.78 is 0. The summed E-state index contributed by atoms with van der Waals surface area (Å²) in [6, 6.07) is 5.20. The van der Waals surface area contributed by atoms with Gasteiger partial charge in [-0.2, -0.15) is 0 Å². The van der Waals surface area contributed by atoms with E-state index in [2.05, 4.69) is 15.1 Å². The van der Waals surface area contributed by atoms with Crippen LogP contribution in [0.25, 0.3) is 0 Å². The summed E-state index contributed by atoms with van der Waals surface area (Å²) in [6.07, 6.45) is 4.55. The lowest BCUT2D eigenvalue weighted by atomic mass is 10.2. The van der Waals surface area contributed by atoms with E-state index in [1.807, 2.05) is 0 Å². The maximum atomic E-state index is 6.00. The van der Waals surface area contributed by atoms with Crippen molar-refractivity contribution >= 4 is 29.0 Å². The van der Waals surface area contributed by atoms with Gasteiger partial charge in [0.15, 0.2) is 5.84 Å². The molecule has 0 saturated heterocycles. The molecule has 0 aliphatic rings. The molecule has 2 N–H and O–H groups in total. The highest BCUT2D eigenvalue weighted by Crippen LogP contribution is 2.24. The van der Waals surface area contributed by atoms with Crippen LogP contribution in [0.1, 0.15) is 11.3 Å². The Hall–Kier alpha value is -1.85. The van der Waals surface area contributed by atoms with Gasteiger partial charge in [-0.05, 0) is 12.1 Å². The van der Waals surface area contributed by atoms with Crippen molar-refractivity contribution in [2.75, 3.05) is 0 Å². The predicted molar refractivity (Wildman–Crippen MR) is 74.0 cm³/mol. The van der Waals surface area contributed by atoms with Gasteiger partial charge in [0, 0.05) is 28.0 Å². The molecule has 1 heterocycles. The Bertz CT molecular complexity index is 569. The molecule has 5 nitrogen and oxygen atoms in total. The number of amidine groups is 1. The molecule has 0 unspecified atom stereocenters. The summed E-state index contributed by atoms with van der Waals surface area (Å²) in [6.45, 7) is 0.124. The number of hydrogen-bond acceptors (Lipinski definition) is 4. The van der Waals surface area contributed by atoms with E-state index in [4.69, 9.17) is 33.8 Å². The standard InChI is InChI=1S/C12H10Cl2N4O/c13-9-2-1-3-10(14)8(9)7-19-18-12(15)11-6-16-4-5-17-11/h1-6H,7H2,(H2,15,18).